The van der Waals surface area contributed by atoms with Crippen LogP contribution in [-0.4, -0.2) is 5.97 Å². The standard InChI is InChI=1S/C33H38F4O2/c1-3-5-7-8-9-10-12-14-24-19-21-27(31(36)29(24)34)23-15-17-26(18-16-23)33(38)39-28-22-20-25(13-11-6-4-2)30(35)32(28)37/h15-22H,3-14H2,1-2H3. The molecule has 210 valence electrons. The maximum atomic E-state index is 14.9. The van der Waals surface area contributed by atoms with Crippen molar-refractivity contribution in [3.05, 3.63) is 88.5 Å². The van der Waals surface area contributed by atoms with Crippen LogP contribution in [-0.2, 0) is 12.8 Å². The molecule has 0 spiro atoms. The molecule has 0 aliphatic carbocycles. The average Bonchev–Trinajstić information content (AvgIpc) is 2.94. The number of halogens is 4. The van der Waals surface area contributed by atoms with Gasteiger partial charge in [0, 0.05) is 5.56 Å². The highest BCUT2D eigenvalue weighted by Crippen LogP contribution is 2.29. The van der Waals surface area contributed by atoms with E-state index in [2.05, 4.69) is 6.92 Å². The number of hydrogen-bond acceptors (Lipinski definition) is 2. The van der Waals surface area contributed by atoms with Gasteiger partial charge in [-0.05, 0) is 60.6 Å². The SMILES string of the molecule is CCCCCCCCCc1ccc(-c2ccc(C(=O)Oc3ccc(CCCCC)c(F)c3F)cc2)c(F)c1F. The number of rotatable bonds is 15. The predicted octanol–water partition coefficient (Wildman–Crippen LogP) is 10.2. The minimum Gasteiger partial charge on any atom is -0.420 e. The lowest BCUT2D eigenvalue weighted by atomic mass is 9.98. The van der Waals surface area contributed by atoms with Gasteiger partial charge < -0.3 is 4.74 Å². The van der Waals surface area contributed by atoms with E-state index in [1.54, 1.807) is 12.1 Å². The van der Waals surface area contributed by atoms with Crippen molar-refractivity contribution < 1.29 is 27.1 Å². The summed E-state index contributed by atoms with van der Waals surface area (Å²) < 4.78 is 63.6. The van der Waals surface area contributed by atoms with Crippen molar-refractivity contribution in [3.63, 3.8) is 0 Å². The quantitative estimate of drug-likeness (QED) is 0.0826. The molecule has 6 heteroatoms. The topological polar surface area (TPSA) is 26.3 Å². The fourth-order valence-electron chi connectivity index (χ4n) is 4.63. The van der Waals surface area contributed by atoms with Gasteiger partial charge in [0.25, 0.3) is 0 Å². The van der Waals surface area contributed by atoms with E-state index in [0.29, 0.717) is 24.0 Å². The molecule has 3 rings (SSSR count). The van der Waals surface area contributed by atoms with Crippen molar-refractivity contribution in [2.45, 2.75) is 90.9 Å². The van der Waals surface area contributed by atoms with Crippen LogP contribution in [0.4, 0.5) is 17.6 Å². The largest absolute Gasteiger partial charge is 0.420 e. The summed E-state index contributed by atoms with van der Waals surface area (Å²) in [5.41, 5.74) is 1.15. The van der Waals surface area contributed by atoms with Crippen LogP contribution < -0.4 is 4.74 Å². The van der Waals surface area contributed by atoms with Crippen molar-refractivity contribution in [2.75, 3.05) is 0 Å². The molecule has 0 unspecified atom stereocenters. The highest BCUT2D eigenvalue weighted by molar-refractivity contribution is 5.91. The molecule has 0 amide bonds. The van der Waals surface area contributed by atoms with Gasteiger partial charge >= 0.3 is 5.97 Å². The summed E-state index contributed by atoms with van der Waals surface area (Å²) in [5, 5.41) is 0. The van der Waals surface area contributed by atoms with E-state index in [1.165, 1.54) is 62.1 Å². The van der Waals surface area contributed by atoms with Gasteiger partial charge in [0.05, 0.1) is 5.56 Å². The van der Waals surface area contributed by atoms with E-state index in [9.17, 15) is 22.4 Å². The lowest BCUT2D eigenvalue weighted by Crippen LogP contribution is -2.10. The van der Waals surface area contributed by atoms with E-state index in [0.717, 1.165) is 38.5 Å². The molecule has 0 fully saturated rings. The Morgan fingerprint density at radius 3 is 1.74 bits per heavy atom. The van der Waals surface area contributed by atoms with Crippen molar-refractivity contribution >= 4 is 5.97 Å². The van der Waals surface area contributed by atoms with Gasteiger partial charge in [-0.1, -0.05) is 95.5 Å². The Morgan fingerprint density at radius 2 is 1.10 bits per heavy atom. The summed E-state index contributed by atoms with van der Waals surface area (Å²) in [4.78, 5) is 12.5. The summed E-state index contributed by atoms with van der Waals surface area (Å²) in [6, 6.07) is 11.5. The zero-order chi connectivity index (χ0) is 28.2. The Morgan fingerprint density at radius 1 is 0.590 bits per heavy atom. The summed E-state index contributed by atoms with van der Waals surface area (Å²) >= 11 is 0. The third-order valence-corrected chi connectivity index (χ3v) is 7.02. The first kappa shape index (κ1) is 30.4. The fourth-order valence-corrected chi connectivity index (χ4v) is 4.63. The van der Waals surface area contributed by atoms with Gasteiger partial charge in [-0.25, -0.2) is 18.0 Å². The number of esters is 1. The van der Waals surface area contributed by atoms with Crippen molar-refractivity contribution in [1.82, 2.24) is 0 Å². The van der Waals surface area contributed by atoms with E-state index in [4.69, 9.17) is 4.74 Å². The third-order valence-electron chi connectivity index (χ3n) is 7.02. The van der Waals surface area contributed by atoms with Crippen LogP contribution in [0.5, 0.6) is 5.75 Å². The van der Waals surface area contributed by atoms with E-state index >= 15 is 0 Å². The Bertz CT molecular complexity index is 1220. The molecule has 0 aliphatic heterocycles. The van der Waals surface area contributed by atoms with Crippen molar-refractivity contribution in [2.24, 2.45) is 0 Å². The molecule has 0 atom stereocenters. The van der Waals surface area contributed by atoms with Crippen LogP contribution in [0.3, 0.4) is 0 Å². The highest BCUT2D eigenvalue weighted by atomic mass is 19.2. The second-order valence-corrected chi connectivity index (χ2v) is 10.0. The zero-order valence-corrected chi connectivity index (χ0v) is 22.9. The number of carbonyl (C=O) groups is 1. The minimum atomic E-state index is -1.21. The van der Waals surface area contributed by atoms with Crippen LogP contribution in [0, 0.1) is 23.3 Å². The fraction of sp³-hybridized carbons (Fsp3) is 0.424. The van der Waals surface area contributed by atoms with Crippen LogP contribution in [0.15, 0.2) is 48.5 Å². The Balaban J connectivity index is 1.62. The van der Waals surface area contributed by atoms with Gasteiger partial charge in [-0.3, -0.25) is 0 Å². The monoisotopic (exact) mass is 542 g/mol. The molecular formula is C33H38F4O2. The molecular weight excluding hydrogens is 504 g/mol. The highest BCUT2D eigenvalue weighted by Gasteiger charge is 2.19. The molecule has 0 aromatic heterocycles. The van der Waals surface area contributed by atoms with Gasteiger partial charge in [-0.2, -0.15) is 4.39 Å². The number of hydrogen-bond donors (Lipinski definition) is 0. The second kappa shape index (κ2) is 15.4. The smallest absolute Gasteiger partial charge is 0.343 e. The first-order valence-corrected chi connectivity index (χ1v) is 14.1. The average molecular weight is 543 g/mol. The molecule has 0 aliphatic rings. The number of benzene rings is 3. The Labute approximate surface area is 229 Å². The molecule has 0 radical (unpaired) electrons. The maximum absolute atomic E-state index is 14.9. The van der Waals surface area contributed by atoms with Gasteiger partial charge in [0.1, 0.15) is 0 Å². The molecule has 2 nitrogen and oxygen atoms in total. The van der Waals surface area contributed by atoms with Gasteiger partial charge in [-0.15, -0.1) is 0 Å². The molecule has 0 N–H and O–H groups in total. The molecule has 0 saturated heterocycles. The summed E-state index contributed by atoms with van der Waals surface area (Å²) in [6.07, 6.45) is 11.2. The van der Waals surface area contributed by atoms with Crippen molar-refractivity contribution in [3.8, 4) is 16.9 Å². The zero-order valence-electron chi connectivity index (χ0n) is 22.9. The summed E-state index contributed by atoms with van der Waals surface area (Å²) in [5.74, 6) is -5.37. The molecule has 3 aromatic rings. The Kier molecular flexibility index (Phi) is 12.0. The second-order valence-electron chi connectivity index (χ2n) is 10.0. The molecule has 3 aromatic carbocycles. The lowest BCUT2D eigenvalue weighted by molar-refractivity contribution is 0.0726. The van der Waals surface area contributed by atoms with E-state index in [1.807, 2.05) is 6.92 Å². The van der Waals surface area contributed by atoms with Gasteiger partial charge in [0.2, 0.25) is 5.82 Å². The van der Waals surface area contributed by atoms with Crippen LogP contribution in [0.25, 0.3) is 11.1 Å². The van der Waals surface area contributed by atoms with Crippen LogP contribution in [0.1, 0.15) is 99.5 Å². The van der Waals surface area contributed by atoms with E-state index in [-0.39, 0.29) is 16.7 Å². The molecule has 39 heavy (non-hydrogen) atoms. The molecule has 0 bridgehead atoms. The Hall–Kier alpha value is -3.15. The maximum Gasteiger partial charge on any atom is 0.343 e. The number of aryl methyl sites for hydroxylation is 2. The van der Waals surface area contributed by atoms with Crippen molar-refractivity contribution in [1.29, 1.82) is 0 Å². The first-order chi connectivity index (χ1) is 18.9. The van der Waals surface area contributed by atoms with E-state index < -0.39 is 35.0 Å². The molecule has 0 heterocycles. The number of ether oxygens (including phenoxy) is 1. The molecule has 0 saturated carbocycles. The van der Waals surface area contributed by atoms with Crippen LogP contribution >= 0.6 is 0 Å². The lowest BCUT2D eigenvalue weighted by Gasteiger charge is -2.11. The first-order valence-electron chi connectivity index (χ1n) is 14.1. The third kappa shape index (κ3) is 8.42. The minimum absolute atomic E-state index is 0.0713. The summed E-state index contributed by atoms with van der Waals surface area (Å²) in [7, 11) is 0. The predicted molar refractivity (Wildman–Crippen MR) is 148 cm³/mol. The number of carbonyl (C=O) groups excluding carboxylic acids is 1. The van der Waals surface area contributed by atoms with Gasteiger partial charge in [0.15, 0.2) is 23.2 Å². The van der Waals surface area contributed by atoms with Crippen LogP contribution in [0.2, 0.25) is 0 Å². The number of unbranched alkanes of at least 4 members (excludes halogenated alkanes) is 8. The normalized spacial score (nSPS) is 11.1. The summed E-state index contributed by atoms with van der Waals surface area (Å²) in [6.45, 7) is 4.19.